The zero-order valence-electron chi connectivity index (χ0n) is 10.7. The lowest BCUT2D eigenvalue weighted by Crippen LogP contribution is -2.45. The molecule has 18 heavy (non-hydrogen) atoms. The summed E-state index contributed by atoms with van der Waals surface area (Å²) in [5.74, 6) is 0.450. The third kappa shape index (κ3) is 2.29. The number of nitrogens with zero attached hydrogens (tertiary/aromatic N) is 2. The second-order valence-corrected chi connectivity index (χ2v) is 7.03. The number of anilines is 2. The zero-order chi connectivity index (χ0) is 13.3. The monoisotopic (exact) mass is 269 g/mol. The summed E-state index contributed by atoms with van der Waals surface area (Å²) < 4.78 is 26.4. The Hall–Kier alpha value is -1.30. The summed E-state index contributed by atoms with van der Waals surface area (Å²) in [5.41, 5.74) is 6.11. The Morgan fingerprint density at radius 3 is 2.44 bits per heavy atom. The molecule has 1 fully saturated rings. The summed E-state index contributed by atoms with van der Waals surface area (Å²) in [6.45, 7) is 3.71. The highest BCUT2D eigenvalue weighted by Gasteiger charge is 2.38. The van der Waals surface area contributed by atoms with E-state index in [0.717, 1.165) is 19.3 Å². The van der Waals surface area contributed by atoms with Crippen LogP contribution in [0.5, 0.6) is 0 Å². The van der Waals surface area contributed by atoms with Crippen molar-refractivity contribution in [1.82, 2.24) is 4.98 Å². The van der Waals surface area contributed by atoms with Crippen molar-refractivity contribution in [2.24, 2.45) is 0 Å². The first-order valence-corrected chi connectivity index (χ1v) is 7.68. The number of aromatic nitrogens is 1. The molecule has 1 aromatic rings. The molecule has 0 atom stereocenters. The van der Waals surface area contributed by atoms with E-state index in [1.54, 1.807) is 12.1 Å². The van der Waals surface area contributed by atoms with E-state index in [0.29, 0.717) is 11.5 Å². The minimum atomic E-state index is -3.30. The van der Waals surface area contributed by atoms with Gasteiger partial charge in [-0.1, -0.05) is 6.42 Å². The van der Waals surface area contributed by atoms with Crippen LogP contribution in [0.25, 0.3) is 0 Å². The Balaban J connectivity index is 2.36. The van der Waals surface area contributed by atoms with E-state index in [1.807, 2.05) is 13.8 Å². The van der Waals surface area contributed by atoms with Crippen LogP contribution in [0.3, 0.4) is 0 Å². The first-order valence-electron chi connectivity index (χ1n) is 6.17. The van der Waals surface area contributed by atoms with Gasteiger partial charge in [0, 0.05) is 6.04 Å². The fraction of sp³-hybridized carbons (Fsp3) is 0.583. The van der Waals surface area contributed by atoms with Gasteiger partial charge in [0.1, 0.15) is 5.82 Å². The third-order valence-corrected chi connectivity index (χ3v) is 5.68. The second kappa shape index (κ2) is 4.76. The van der Waals surface area contributed by atoms with Gasteiger partial charge in [-0.15, -0.1) is 0 Å². The Kier molecular flexibility index (Phi) is 3.47. The van der Waals surface area contributed by atoms with Gasteiger partial charge < -0.3 is 5.73 Å². The van der Waals surface area contributed by atoms with Crippen molar-refractivity contribution in [3.63, 3.8) is 0 Å². The van der Waals surface area contributed by atoms with Crippen LogP contribution in [0.1, 0.15) is 33.1 Å². The number of sulfonamides is 1. The van der Waals surface area contributed by atoms with E-state index in [-0.39, 0.29) is 11.3 Å². The molecule has 6 heteroatoms. The van der Waals surface area contributed by atoms with Gasteiger partial charge in [0.05, 0.1) is 17.1 Å². The molecule has 0 aromatic carbocycles. The normalized spacial score (nSPS) is 16.6. The van der Waals surface area contributed by atoms with Crippen LogP contribution in [0.15, 0.2) is 18.3 Å². The number of rotatable bonds is 4. The zero-order valence-corrected chi connectivity index (χ0v) is 11.5. The summed E-state index contributed by atoms with van der Waals surface area (Å²) in [7, 11) is -3.30. The van der Waals surface area contributed by atoms with Crippen LogP contribution in [-0.4, -0.2) is 24.7 Å². The molecule has 0 aliphatic heterocycles. The summed E-state index contributed by atoms with van der Waals surface area (Å²) in [6.07, 6.45) is 3.98. The predicted octanol–water partition coefficient (Wildman–Crippen LogP) is 1.76. The Bertz CT molecular complexity index is 507. The van der Waals surface area contributed by atoms with Crippen molar-refractivity contribution in [3.8, 4) is 0 Å². The van der Waals surface area contributed by atoms with Crippen molar-refractivity contribution in [1.29, 1.82) is 0 Å². The SMILES string of the molecule is CC(C)N(c1ccc(N)cn1)S(=O)(=O)C1CCC1. The quantitative estimate of drug-likeness (QED) is 0.903. The lowest BCUT2D eigenvalue weighted by Gasteiger charge is -2.34. The second-order valence-electron chi connectivity index (χ2n) is 4.94. The van der Waals surface area contributed by atoms with Crippen molar-refractivity contribution in [2.45, 2.75) is 44.4 Å². The third-order valence-electron chi connectivity index (χ3n) is 3.21. The van der Waals surface area contributed by atoms with Crippen molar-refractivity contribution in [3.05, 3.63) is 18.3 Å². The maximum Gasteiger partial charge on any atom is 0.239 e. The average molecular weight is 269 g/mol. The molecule has 1 aromatic heterocycles. The average Bonchev–Trinajstić information content (AvgIpc) is 2.16. The number of hydrogen-bond acceptors (Lipinski definition) is 4. The number of nitrogens with two attached hydrogens (primary N) is 1. The van der Waals surface area contributed by atoms with E-state index >= 15 is 0 Å². The smallest absolute Gasteiger partial charge is 0.239 e. The first kappa shape index (κ1) is 13.1. The molecule has 5 nitrogen and oxygen atoms in total. The highest BCUT2D eigenvalue weighted by molar-refractivity contribution is 7.93. The van der Waals surface area contributed by atoms with Crippen LogP contribution in [-0.2, 0) is 10.0 Å². The molecule has 0 amide bonds. The highest BCUT2D eigenvalue weighted by atomic mass is 32.2. The maximum absolute atomic E-state index is 12.5. The topological polar surface area (TPSA) is 76.3 Å². The lowest BCUT2D eigenvalue weighted by atomic mass is 10.0. The predicted molar refractivity (Wildman–Crippen MR) is 72.8 cm³/mol. The Morgan fingerprint density at radius 1 is 1.39 bits per heavy atom. The van der Waals surface area contributed by atoms with Crippen LogP contribution < -0.4 is 10.0 Å². The first-order chi connectivity index (χ1) is 8.43. The lowest BCUT2D eigenvalue weighted by molar-refractivity contribution is 0.471. The molecule has 0 spiro atoms. The van der Waals surface area contributed by atoms with E-state index < -0.39 is 10.0 Å². The molecular formula is C12H19N3O2S. The van der Waals surface area contributed by atoms with Gasteiger partial charge in [-0.25, -0.2) is 13.4 Å². The molecule has 2 N–H and O–H groups in total. The number of pyridine rings is 1. The van der Waals surface area contributed by atoms with Crippen LogP contribution >= 0.6 is 0 Å². The van der Waals surface area contributed by atoms with E-state index in [9.17, 15) is 8.42 Å². The summed E-state index contributed by atoms with van der Waals surface area (Å²) in [6, 6.07) is 3.19. The standard InChI is InChI=1S/C12H19N3O2S/c1-9(2)15(12-7-6-10(13)8-14-12)18(16,17)11-4-3-5-11/h6-9,11H,3-5,13H2,1-2H3. The summed E-state index contributed by atoms with van der Waals surface area (Å²) >= 11 is 0. The Morgan fingerprint density at radius 2 is 2.06 bits per heavy atom. The summed E-state index contributed by atoms with van der Waals surface area (Å²) in [4.78, 5) is 4.13. The van der Waals surface area contributed by atoms with Gasteiger partial charge in [-0.3, -0.25) is 4.31 Å². The van der Waals surface area contributed by atoms with Crippen molar-refractivity contribution >= 4 is 21.5 Å². The molecule has 0 unspecified atom stereocenters. The van der Waals surface area contributed by atoms with Crippen molar-refractivity contribution in [2.75, 3.05) is 10.0 Å². The minimum absolute atomic E-state index is 0.147. The molecule has 1 aliphatic rings. The molecule has 1 saturated carbocycles. The van der Waals surface area contributed by atoms with E-state index in [4.69, 9.17) is 5.73 Å². The van der Waals surface area contributed by atoms with Crippen LogP contribution in [0.2, 0.25) is 0 Å². The summed E-state index contributed by atoms with van der Waals surface area (Å²) in [5, 5.41) is -0.251. The molecule has 0 radical (unpaired) electrons. The fourth-order valence-electron chi connectivity index (χ4n) is 2.05. The molecule has 1 aliphatic carbocycles. The molecule has 2 rings (SSSR count). The molecule has 1 heterocycles. The molecule has 100 valence electrons. The Labute approximate surface area is 108 Å². The highest BCUT2D eigenvalue weighted by Crippen LogP contribution is 2.32. The van der Waals surface area contributed by atoms with Gasteiger partial charge in [0.15, 0.2) is 0 Å². The number of hydrogen-bond donors (Lipinski definition) is 1. The largest absolute Gasteiger partial charge is 0.397 e. The van der Waals surface area contributed by atoms with Crippen LogP contribution in [0.4, 0.5) is 11.5 Å². The molecule has 0 bridgehead atoms. The van der Waals surface area contributed by atoms with Gasteiger partial charge in [-0.2, -0.15) is 0 Å². The molecule has 0 saturated heterocycles. The fourth-order valence-corrected chi connectivity index (χ4v) is 4.25. The minimum Gasteiger partial charge on any atom is -0.397 e. The van der Waals surface area contributed by atoms with Gasteiger partial charge >= 0.3 is 0 Å². The van der Waals surface area contributed by atoms with E-state index in [1.165, 1.54) is 10.5 Å². The van der Waals surface area contributed by atoms with Gasteiger partial charge in [0.25, 0.3) is 0 Å². The van der Waals surface area contributed by atoms with Gasteiger partial charge in [-0.05, 0) is 38.8 Å². The van der Waals surface area contributed by atoms with E-state index in [2.05, 4.69) is 4.98 Å². The molecular weight excluding hydrogens is 250 g/mol. The maximum atomic E-state index is 12.5. The number of nitrogen functional groups attached to an aromatic ring is 1. The van der Waals surface area contributed by atoms with Crippen LogP contribution in [0, 0.1) is 0 Å². The van der Waals surface area contributed by atoms with Crippen molar-refractivity contribution < 1.29 is 8.42 Å². The van der Waals surface area contributed by atoms with Gasteiger partial charge in [0.2, 0.25) is 10.0 Å².